The molecule has 0 saturated heterocycles. The topological polar surface area (TPSA) is 74.3 Å². The number of ether oxygens (including phenoxy) is 4. The van der Waals surface area contributed by atoms with Gasteiger partial charge in [-0.15, -0.1) is 0 Å². The Morgan fingerprint density at radius 2 is 0.905 bits per heavy atom. The third-order valence-corrected chi connectivity index (χ3v) is 12.2. The molecule has 7 heteroatoms. The SMILES string of the molecule is COc1ccc(C(Cc2ccc(N(c3ccc(C)cc3)c3ccc(C)cc3)cc2)c2ccc(OC(=O)Oc3ccc(C4(c5ccc(OC(C)=O)cc5)CCCCC4)cc3)cc2)cc1. The predicted octanol–water partition coefficient (Wildman–Crippen LogP) is 13.9. The van der Waals surface area contributed by atoms with E-state index in [9.17, 15) is 9.59 Å². The first-order chi connectivity index (χ1) is 30.7. The van der Waals surface area contributed by atoms with Crippen LogP contribution in [-0.4, -0.2) is 19.2 Å². The molecule has 0 bridgehead atoms. The molecule has 0 heterocycles. The number of anilines is 3. The van der Waals surface area contributed by atoms with Crippen LogP contribution in [0, 0.1) is 13.8 Å². The molecule has 1 fully saturated rings. The third-order valence-electron chi connectivity index (χ3n) is 12.2. The predicted molar refractivity (Wildman–Crippen MR) is 250 cm³/mol. The number of benzene rings is 7. The van der Waals surface area contributed by atoms with E-state index in [2.05, 4.69) is 116 Å². The Hall–Kier alpha value is -7.12. The van der Waals surface area contributed by atoms with Crippen molar-refractivity contribution in [3.05, 3.63) is 209 Å². The average molecular weight is 836 g/mol. The summed E-state index contributed by atoms with van der Waals surface area (Å²) < 4.78 is 22.1. The number of hydrogen-bond acceptors (Lipinski definition) is 7. The van der Waals surface area contributed by atoms with E-state index >= 15 is 0 Å². The number of carbonyl (C=O) groups is 2. The summed E-state index contributed by atoms with van der Waals surface area (Å²) in [4.78, 5) is 26.9. The van der Waals surface area contributed by atoms with Gasteiger partial charge in [0.15, 0.2) is 0 Å². The van der Waals surface area contributed by atoms with Gasteiger partial charge in [-0.3, -0.25) is 4.79 Å². The second kappa shape index (κ2) is 19.3. The fourth-order valence-electron chi connectivity index (χ4n) is 8.85. The molecule has 8 rings (SSSR count). The van der Waals surface area contributed by atoms with Crippen LogP contribution in [0.2, 0.25) is 0 Å². The van der Waals surface area contributed by atoms with E-state index in [1.807, 2.05) is 72.8 Å². The molecule has 1 aliphatic carbocycles. The lowest BCUT2D eigenvalue weighted by atomic mass is 9.65. The van der Waals surface area contributed by atoms with Crippen LogP contribution < -0.4 is 23.8 Å². The molecule has 318 valence electrons. The van der Waals surface area contributed by atoms with Gasteiger partial charge < -0.3 is 23.8 Å². The van der Waals surface area contributed by atoms with Crippen LogP contribution in [0.5, 0.6) is 23.0 Å². The van der Waals surface area contributed by atoms with E-state index in [0.29, 0.717) is 17.2 Å². The van der Waals surface area contributed by atoms with Gasteiger partial charge in [0, 0.05) is 35.3 Å². The minimum Gasteiger partial charge on any atom is -0.497 e. The smallest absolute Gasteiger partial charge is 0.497 e. The van der Waals surface area contributed by atoms with E-state index in [-0.39, 0.29) is 17.3 Å². The Balaban J connectivity index is 0.967. The van der Waals surface area contributed by atoms with Crippen LogP contribution in [0.1, 0.15) is 83.9 Å². The number of aryl methyl sites for hydroxylation is 2. The van der Waals surface area contributed by atoms with Crippen LogP contribution in [0.25, 0.3) is 0 Å². The fourth-order valence-corrected chi connectivity index (χ4v) is 8.85. The summed E-state index contributed by atoms with van der Waals surface area (Å²) >= 11 is 0. The van der Waals surface area contributed by atoms with Crippen molar-refractivity contribution in [1.29, 1.82) is 0 Å². The molecular weight excluding hydrogens is 783 g/mol. The lowest BCUT2D eigenvalue weighted by Gasteiger charge is -2.38. The van der Waals surface area contributed by atoms with Gasteiger partial charge >= 0.3 is 12.1 Å². The Morgan fingerprint density at radius 1 is 0.508 bits per heavy atom. The van der Waals surface area contributed by atoms with Gasteiger partial charge in [0.05, 0.1) is 7.11 Å². The van der Waals surface area contributed by atoms with E-state index in [4.69, 9.17) is 18.9 Å². The van der Waals surface area contributed by atoms with Crippen LogP contribution in [0.3, 0.4) is 0 Å². The molecule has 1 saturated carbocycles. The van der Waals surface area contributed by atoms with E-state index in [1.54, 1.807) is 7.11 Å². The molecule has 1 unspecified atom stereocenters. The average Bonchev–Trinajstić information content (AvgIpc) is 3.31. The molecule has 0 aromatic heterocycles. The molecule has 1 atom stereocenters. The van der Waals surface area contributed by atoms with Crippen molar-refractivity contribution in [3.63, 3.8) is 0 Å². The Bertz CT molecular complexity index is 2550. The lowest BCUT2D eigenvalue weighted by Crippen LogP contribution is -2.30. The first-order valence-corrected chi connectivity index (χ1v) is 21.7. The molecule has 0 amide bonds. The fraction of sp³-hybridized carbons (Fsp3) is 0.214. The van der Waals surface area contributed by atoms with E-state index in [0.717, 1.165) is 71.6 Å². The largest absolute Gasteiger partial charge is 0.519 e. The highest BCUT2D eigenvalue weighted by atomic mass is 16.7. The molecular formula is C56H53NO6. The molecule has 63 heavy (non-hydrogen) atoms. The number of rotatable bonds is 13. The number of nitrogens with zero attached hydrogens (tertiary/aromatic N) is 1. The van der Waals surface area contributed by atoms with Crippen LogP contribution >= 0.6 is 0 Å². The standard InChI is InChI=1S/C56H53NO6/c1-39-8-22-47(23-9-39)57(48-24-10-40(2)11-25-48)49-26-12-42(13-27-49)38-54(43-14-28-50(60-4)29-15-43)44-16-30-52(31-17-44)62-55(59)63-53-34-20-46(21-35-53)56(36-6-5-7-37-56)45-18-32-51(33-19-45)61-41(3)58/h8-35,54H,5-7,36-38H2,1-4H3. The lowest BCUT2D eigenvalue weighted by molar-refractivity contribution is -0.131. The van der Waals surface area contributed by atoms with E-state index in [1.165, 1.54) is 35.6 Å². The minimum atomic E-state index is -0.805. The number of carbonyl (C=O) groups excluding carboxylic acids is 2. The van der Waals surface area contributed by atoms with Crippen molar-refractivity contribution >= 4 is 29.2 Å². The normalized spacial score (nSPS) is 13.7. The second-order valence-corrected chi connectivity index (χ2v) is 16.5. The molecule has 7 nitrogen and oxygen atoms in total. The van der Waals surface area contributed by atoms with Crippen LogP contribution in [0.15, 0.2) is 170 Å². The Morgan fingerprint density at radius 3 is 1.33 bits per heavy atom. The summed E-state index contributed by atoms with van der Waals surface area (Å²) in [6.07, 6.45) is 5.39. The van der Waals surface area contributed by atoms with Gasteiger partial charge in [-0.1, -0.05) is 115 Å². The van der Waals surface area contributed by atoms with Crippen molar-refractivity contribution in [2.75, 3.05) is 12.0 Å². The van der Waals surface area contributed by atoms with Crippen molar-refractivity contribution < 1.29 is 28.5 Å². The highest BCUT2D eigenvalue weighted by Crippen LogP contribution is 2.46. The summed E-state index contributed by atoms with van der Waals surface area (Å²) in [5, 5.41) is 0. The molecule has 0 N–H and O–H groups in total. The zero-order valence-electron chi connectivity index (χ0n) is 36.4. The molecule has 0 radical (unpaired) electrons. The maximum absolute atomic E-state index is 13.1. The molecule has 0 spiro atoms. The van der Waals surface area contributed by atoms with Crippen molar-refractivity contribution in [2.24, 2.45) is 0 Å². The summed E-state index contributed by atoms with van der Waals surface area (Å²) in [5.41, 5.74) is 11.3. The zero-order valence-corrected chi connectivity index (χ0v) is 36.4. The van der Waals surface area contributed by atoms with Gasteiger partial charge in [0.1, 0.15) is 23.0 Å². The minimum absolute atomic E-state index is 0.0193. The Kier molecular flexibility index (Phi) is 13.0. The van der Waals surface area contributed by atoms with E-state index < -0.39 is 6.16 Å². The third kappa shape index (κ3) is 10.2. The first kappa shape index (κ1) is 42.6. The Labute approximate surface area is 370 Å². The van der Waals surface area contributed by atoms with Gasteiger partial charge in [0.25, 0.3) is 0 Å². The first-order valence-electron chi connectivity index (χ1n) is 21.7. The quantitative estimate of drug-likeness (QED) is 0.0650. The highest BCUT2D eigenvalue weighted by Gasteiger charge is 2.36. The van der Waals surface area contributed by atoms with Gasteiger partial charge in [-0.25, -0.2) is 4.79 Å². The summed E-state index contributed by atoms with van der Waals surface area (Å²) in [6.45, 7) is 5.62. The maximum atomic E-state index is 13.1. The molecule has 0 aliphatic heterocycles. The zero-order chi connectivity index (χ0) is 43.8. The number of hydrogen-bond donors (Lipinski definition) is 0. The maximum Gasteiger partial charge on any atom is 0.519 e. The van der Waals surface area contributed by atoms with Crippen LogP contribution in [0.4, 0.5) is 21.9 Å². The summed E-state index contributed by atoms with van der Waals surface area (Å²) in [6, 6.07) is 57.5. The number of esters is 1. The summed E-state index contributed by atoms with van der Waals surface area (Å²) in [7, 11) is 1.67. The van der Waals surface area contributed by atoms with Crippen molar-refractivity contribution in [1.82, 2.24) is 0 Å². The monoisotopic (exact) mass is 835 g/mol. The van der Waals surface area contributed by atoms with Crippen molar-refractivity contribution in [3.8, 4) is 23.0 Å². The van der Waals surface area contributed by atoms with Crippen LogP contribution in [-0.2, 0) is 16.6 Å². The van der Waals surface area contributed by atoms with Gasteiger partial charge in [-0.2, -0.15) is 0 Å². The molecule has 7 aromatic carbocycles. The highest BCUT2D eigenvalue weighted by molar-refractivity contribution is 5.77. The molecule has 7 aromatic rings. The summed E-state index contributed by atoms with van der Waals surface area (Å²) in [5.74, 6) is 1.81. The molecule has 1 aliphatic rings. The number of methoxy groups -OCH3 is 1. The second-order valence-electron chi connectivity index (χ2n) is 16.5. The van der Waals surface area contributed by atoms with Gasteiger partial charge in [0.2, 0.25) is 0 Å². The van der Waals surface area contributed by atoms with Gasteiger partial charge in [-0.05, 0) is 146 Å². The van der Waals surface area contributed by atoms with Crippen molar-refractivity contribution in [2.45, 2.75) is 70.6 Å².